The van der Waals surface area contributed by atoms with Gasteiger partial charge in [0.2, 0.25) is 17.7 Å². The summed E-state index contributed by atoms with van der Waals surface area (Å²) < 4.78 is 1.08. The zero-order valence-electron chi connectivity index (χ0n) is 41.3. The lowest BCUT2D eigenvalue weighted by Crippen LogP contribution is -2.57. The van der Waals surface area contributed by atoms with E-state index in [-0.39, 0.29) is 42.9 Å². The summed E-state index contributed by atoms with van der Waals surface area (Å²) in [5, 5.41) is 40.7. The minimum Gasteiger partial charge on any atom is -0.476 e. The molecule has 0 aliphatic carbocycles. The van der Waals surface area contributed by atoms with Gasteiger partial charge in [0.1, 0.15) is 12.1 Å². The molecular weight excluding hydrogens is 959 g/mol. The highest BCUT2D eigenvalue weighted by atomic mass is 32.1. The van der Waals surface area contributed by atoms with Crippen LogP contribution in [0.4, 0.5) is 21.9 Å². The second-order valence-corrected chi connectivity index (χ2v) is 22.6. The average Bonchev–Trinajstić information content (AvgIpc) is 4.16. The highest BCUT2D eigenvalue weighted by Crippen LogP contribution is 2.39. The van der Waals surface area contributed by atoms with Crippen molar-refractivity contribution in [2.24, 2.45) is 5.41 Å². The number of aromatic carboxylic acids is 1. The van der Waals surface area contributed by atoms with Crippen LogP contribution in [0.5, 0.6) is 0 Å². The molecule has 4 aromatic heterocycles. The van der Waals surface area contributed by atoms with E-state index in [0.717, 1.165) is 80.5 Å². The lowest BCUT2D eigenvalue weighted by atomic mass is 9.85. The normalized spacial score (nSPS) is 16.8. The Labute approximate surface area is 426 Å². The Hall–Kier alpha value is -5.93. The predicted octanol–water partition coefficient (Wildman–Crippen LogP) is 8.21. The summed E-state index contributed by atoms with van der Waals surface area (Å²) in [6, 6.07) is 13.8. The number of aryl methyl sites for hydroxylation is 2. The van der Waals surface area contributed by atoms with E-state index >= 15 is 0 Å². The SMILES string of the molecule is Cc1ncsc1-c1ccc([C@@H](C)NC(=O)C2C[C@H](O)CN2C(=O)[C@@H](NC(=O)CCCCN(C)CCCc2sc(N3CCCc4c3nnc(Nc3nc5ccccc5s3)c4C)nc2C(=O)O)C(C)(C)C)cc1. The molecule has 5 N–H and O–H groups in total. The molecule has 1 unspecified atom stereocenters. The number of likely N-dealkylation sites (tertiary alicyclic amines) is 1. The minimum absolute atomic E-state index is 0.000968. The molecule has 2 aliphatic heterocycles. The lowest BCUT2D eigenvalue weighted by Gasteiger charge is -2.35. The van der Waals surface area contributed by atoms with Gasteiger partial charge in [-0.25, -0.2) is 19.7 Å². The van der Waals surface area contributed by atoms with Crippen LogP contribution in [0.2, 0.25) is 0 Å². The molecule has 2 aliphatic rings. The van der Waals surface area contributed by atoms with E-state index in [9.17, 15) is 29.4 Å². The van der Waals surface area contributed by atoms with Gasteiger partial charge in [0.25, 0.3) is 0 Å². The second-order valence-electron chi connectivity index (χ2n) is 19.7. The van der Waals surface area contributed by atoms with Crippen molar-refractivity contribution in [1.82, 2.24) is 45.6 Å². The van der Waals surface area contributed by atoms with Gasteiger partial charge < -0.3 is 40.9 Å². The lowest BCUT2D eigenvalue weighted by molar-refractivity contribution is -0.144. The first-order chi connectivity index (χ1) is 33.9. The quantitative estimate of drug-likeness (QED) is 0.0483. The second kappa shape index (κ2) is 22.2. The Kier molecular flexibility index (Phi) is 16.1. The van der Waals surface area contributed by atoms with Gasteiger partial charge in [-0.2, -0.15) is 0 Å². The van der Waals surface area contributed by atoms with Gasteiger partial charge in [0.05, 0.1) is 38.4 Å². The number of thiazole rings is 3. The number of fused-ring (bicyclic) bond motifs is 2. The van der Waals surface area contributed by atoms with Crippen molar-refractivity contribution in [3.8, 4) is 10.4 Å². The topological polar surface area (TPSA) is 219 Å². The Morgan fingerprint density at radius 2 is 1.72 bits per heavy atom. The number of aliphatic hydroxyl groups excluding tert-OH is 1. The highest BCUT2D eigenvalue weighted by molar-refractivity contribution is 7.22. The van der Waals surface area contributed by atoms with Crippen LogP contribution in [-0.2, 0) is 27.2 Å². The summed E-state index contributed by atoms with van der Waals surface area (Å²) in [6.45, 7) is 13.6. The molecule has 6 heterocycles. The van der Waals surface area contributed by atoms with Gasteiger partial charge >= 0.3 is 5.97 Å². The third kappa shape index (κ3) is 12.1. The van der Waals surface area contributed by atoms with Crippen LogP contribution in [0.3, 0.4) is 0 Å². The van der Waals surface area contributed by atoms with Crippen molar-refractivity contribution < 1.29 is 29.4 Å². The number of aromatic nitrogens is 5. The van der Waals surface area contributed by atoms with Gasteiger partial charge in [-0.3, -0.25) is 14.4 Å². The molecule has 0 radical (unpaired) electrons. The summed E-state index contributed by atoms with van der Waals surface area (Å²) in [4.78, 5) is 74.8. The molecule has 6 aromatic rings. The number of para-hydroxylation sites is 1. The molecule has 376 valence electrons. The van der Waals surface area contributed by atoms with E-state index in [4.69, 9.17) is 0 Å². The monoisotopic (exact) mass is 1020 g/mol. The van der Waals surface area contributed by atoms with Gasteiger partial charge in [-0.1, -0.05) is 68.5 Å². The van der Waals surface area contributed by atoms with E-state index in [1.54, 1.807) is 22.7 Å². The molecule has 1 fully saturated rings. The van der Waals surface area contributed by atoms with Crippen LogP contribution in [-0.4, -0.2) is 120 Å². The number of rotatable bonds is 19. The largest absolute Gasteiger partial charge is 0.476 e. The maximum absolute atomic E-state index is 14.2. The number of β-amino-alcohol motifs (C(OH)–C–C–N with tert-alkyl or cyclic N) is 1. The number of anilines is 4. The summed E-state index contributed by atoms with van der Waals surface area (Å²) in [7, 11) is 2.01. The van der Waals surface area contributed by atoms with Crippen molar-refractivity contribution in [3.05, 3.63) is 87.0 Å². The van der Waals surface area contributed by atoms with Gasteiger partial charge in [-0.05, 0) is 108 Å². The van der Waals surface area contributed by atoms with E-state index in [2.05, 4.69) is 46.0 Å². The smallest absolute Gasteiger partial charge is 0.355 e. The summed E-state index contributed by atoms with van der Waals surface area (Å²) in [5.41, 5.74) is 7.08. The summed E-state index contributed by atoms with van der Waals surface area (Å²) >= 11 is 4.52. The van der Waals surface area contributed by atoms with Gasteiger partial charge in [-0.15, -0.1) is 32.9 Å². The van der Waals surface area contributed by atoms with E-state index < -0.39 is 35.5 Å². The fourth-order valence-electron chi connectivity index (χ4n) is 9.24. The van der Waals surface area contributed by atoms with Crippen LogP contribution >= 0.6 is 34.0 Å². The maximum atomic E-state index is 14.2. The molecule has 3 amide bonds. The number of nitrogens with zero attached hydrogens (tertiary/aromatic N) is 8. The zero-order valence-corrected chi connectivity index (χ0v) is 43.8. The maximum Gasteiger partial charge on any atom is 0.355 e. The molecular formula is C51H63N11O6S3. The fraction of sp³-hybridized carbons (Fsp3) is 0.471. The standard InChI is InChI=1S/C51H63N11O6S3/c1-29-35-14-12-25-61(45(35)59-58-44(29)57-49-54-36-15-8-9-16-38(36)70-49)50-56-41(48(67)68)39(71-50)17-13-24-60(7)23-11-10-18-40(64)55-43(51(4,5)6)47(66)62-27-34(63)26-37(62)46(65)53-30(2)32-19-21-33(22-20-32)42-31(3)52-28-69-42/h8-9,15-16,19-22,28,30,34,37,43,63H,10-14,17-18,23-27H2,1-7H3,(H,53,65)(H,55,64)(H,67,68)(H,54,57,58)/t30-,34+,37?,43-/m1/s1. The molecule has 0 spiro atoms. The average molecular weight is 1020 g/mol. The third-order valence-electron chi connectivity index (χ3n) is 13.2. The first-order valence-electron chi connectivity index (χ1n) is 24.2. The van der Waals surface area contributed by atoms with E-state index in [1.807, 2.05) is 108 Å². The molecule has 71 heavy (non-hydrogen) atoms. The minimum atomic E-state index is -1.06. The Bertz CT molecular complexity index is 2840. The molecule has 0 saturated carbocycles. The summed E-state index contributed by atoms with van der Waals surface area (Å²) in [6.07, 6.45) is 3.72. The number of carbonyl (C=O) groups excluding carboxylic acids is 3. The Morgan fingerprint density at radius 3 is 2.44 bits per heavy atom. The van der Waals surface area contributed by atoms with Crippen molar-refractivity contribution >= 4 is 89.8 Å². The Morgan fingerprint density at radius 1 is 0.958 bits per heavy atom. The van der Waals surface area contributed by atoms with Crippen LogP contribution in [0.15, 0.2) is 54.0 Å². The Balaban J connectivity index is 0.798. The number of carbonyl (C=O) groups is 4. The zero-order chi connectivity index (χ0) is 50.6. The first-order valence-corrected chi connectivity index (χ1v) is 26.7. The summed E-state index contributed by atoms with van der Waals surface area (Å²) in [5.74, 6) is -0.727. The molecule has 2 aromatic carbocycles. The predicted molar refractivity (Wildman–Crippen MR) is 280 cm³/mol. The van der Waals surface area contributed by atoms with Crippen molar-refractivity contribution in [2.45, 2.75) is 117 Å². The number of unbranched alkanes of at least 4 members (excludes halogenated alkanes) is 1. The number of carboxylic acid groups (broad SMARTS) is 1. The number of benzene rings is 2. The number of hydrogen-bond acceptors (Lipinski definition) is 16. The van der Waals surface area contributed by atoms with Crippen LogP contribution < -0.4 is 20.9 Å². The molecule has 1 saturated heterocycles. The molecule has 17 nitrogen and oxygen atoms in total. The number of hydrogen-bond donors (Lipinski definition) is 5. The van der Waals surface area contributed by atoms with Crippen LogP contribution in [0, 0.1) is 19.3 Å². The van der Waals surface area contributed by atoms with Crippen molar-refractivity contribution in [1.29, 1.82) is 0 Å². The van der Waals surface area contributed by atoms with Gasteiger partial charge in [0.15, 0.2) is 27.6 Å². The van der Waals surface area contributed by atoms with Crippen molar-refractivity contribution in [2.75, 3.05) is 43.4 Å². The van der Waals surface area contributed by atoms with Crippen LogP contribution in [0.25, 0.3) is 20.7 Å². The molecule has 0 bridgehead atoms. The van der Waals surface area contributed by atoms with E-state index in [0.29, 0.717) is 47.5 Å². The number of amides is 3. The van der Waals surface area contributed by atoms with Gasteiger partial charge in [0, 0.05) is 41.9 Å². The number of aliphatic hydroxyl groups is 1. The van der Waals surface area contributed by atoms with Crippen molar-refractivity contribution in [3.63, 3.8) is 0 Å². The first kappa shape index (κ1) is 51.4. The van der Waals surface area contributed by atoms with E-state index in [1.165, 1.54) is 16.2 Å². The molecule has 8 rings (SSSR count). The number of carboxylic acids is 1. The molecule has 20 heteroatoms. The third-order valence-corrected chi connectivity index (χ3v) is 16.3. The fourth-order valence-corrected chi connectivity index (χ4v) is 12.0. The molecule has 4 atom stereocenters. The van der Waals surface area contributed by atoms with Crippen LogP contribution in [0.1, 0.15) is 110 Å². The highest BCUT2D eigenvalue weighted by Gasteiger charge is 2.44. The number of nitrogens with one attached hydrogen (secondary N) is 3.